The van der Waals surface area contributed by atoms with Gasteiger partial charge in [-0.2, -0.15) is 0 Å². The molecule has 0 fully saturated rings. The van der Waals surface area contributed by atoms with Gasteiger partial charge in [0.2, 0.25) is 0 Å². The molecule has 2 heteroatoms. The van der Waals surface area contributed by atoms with Crippen LogP contribution in [0.5, 0.6) is 0 Å². The highest BCUT2D eigenvalue weighted by Crippen LogP contribution is 2.57. The minimum Gasteiger partial charge on any atom is -0.376 e. The van der Waals surface area contributed by atoms with Gasteiger partial charge in [0, 0.05) is 22.3 Å². The molecule has 0 radical (unpaired) electrons. The Morgan fingerprint density at radius 1 is 0.250 bits per heavy atom. The molecule has 10 rings (SSSR count). The predicted molar refractivity (Wildman–Crippen MR) is 213 cm³/mol. The first-order chi connectivity index (χ1) is 25.6. The summed E-state index contributed by atoms with van der Waals surface area (Å²) in [6, 6.07) is 66.0. The lowest BCUT2D eigenvalue weighted by Gasteiger charge is -2.46. The summed E-state index contributed by atoms with van der Waals surface area (Å²) in [6.45, 7) is 0. The van der Waals surface area contributed by atoms with Crippen molar-refractivity contribution in [2.24, 2.45) is 0 Å². The molecule has 0 saturated heterocycles. The van der Waals surface area contributed by atoms with E-state index in [-0.39, 0.29) is 0 Å². The van der Waals surface area contributed by atoms with E-state index in [2.05, 4.69) is 97.1 Å². The van der Waals surface area contributed by atoms with Crippen LogP contribution in [0.25, 0.3) is 54.6 Å². The lowest BCUT2D eigenvalue weighted by Crippen LogP contribution is -2.44. The van der Waals surface area contributed by atoms with Crippen LogP contribution in [0.3, 0.4) is 0 Å². The van der Waals surface area contributed by atoms with Crippen LogP contribution < -0.4 is 0 Å². The van der Waals surface area contributed by atoms with E-state index in [1.54, 1.807) is 0 Å². The summed E-state index contributed by atoms with van der Waals surface area (Å²) < 4.78 is 0. The van der Waals surface area contributed by atoms with E-state index < -0.39 is 11.2 Å². The summed E-state index contributed by atoms with van der Waals surface area (Å²) in [7, 11) is 0. The van der Waals surface area contributed by atoms with Crippen molar-refractivity contribution in [3.05, 3.63) is 228 Å². The minimum absolute atomic E-state index is 0.653. The van der Waals surface area contributed by atoms with E-state index in [0.717, 1.165) is 65.7 Å². The summed E-state index contributed by atoms with van der Waals surface area (Å²) in [5.41, 5.74) is 4.81. The smallest absolute Gasteiger partial charge is 0.141 e. The molecule has 0 saturated carbocycles. The number of aliphatic hydroxyl groups is 2. The molecule has 1 aliphatic carbocycles. The zero-order valence-corrected chi connectivity index (χ0v) is 28.4. The average Bonchev–Trinajstić information content (AvgIpc) is 3.23. The molecule has 52 heavy (non-hydrogen) atoms. The highest BCUT2D eigenvalue weighted by Gasteiger charge is 2.52. The fraction of sp³-hybridized carbons (Fsp3) is 0.0400. The Balaban J connectivity index is 1.41. The summed E-state index contributed by atoms with van der Waals surface area (Å²) >= 11 is 0. The lowest BCUT2D eigenvalue weighted by molar-refractivity contribution is 0.0756. The summed E-state index contributed by atoms with van der Waals surface area (Å²) in [5.74, 6) is 0. The fourth-order valence-electron chi connectivity index (χ4n) is 8.87. The third-order valence-corrected chi connectivity index (χ3v) is 11.2. The van der Waals surface area contributed by atoms with Gasteiger partial charge >= 0.3 is 0 Å². The lowest BCUT2D eigenvalue weighted by atomic mass is 9.61. The Labute approximate surface area is 302 Å². The van der Waals surface area contributed by atoms with Gasteiger partial charge in [-0.3, -0.25) is 0 Å². The van der Waals surface area contributed by atoms with E-state index >= 15 is 0 Å². The summed E-state index contributed by atoms with van der Waals surface area (Å²) in [4.78, 5) is 0. The molecular formula is C50H34O2. The van der Waals surface area contributed by atoms with Gasteiger partial charge < -0.3 is 10.2 Å². The number of fused-ring (bicyclic) bond motifs is 8. The second-order valence-corrected chi connectivity index (χ2v) is 13.8. The van der Waals surface area contributed by atoms with Gasteiger partial charge in [0.25, 0.3) is 0 Å². The van der Waals surface area contributed by atoms with Crippen molar-refractivity contribution in [2.75, 3.05) is 0 Å². The van der Waals surface area contributed by atoms with Gasteiger partial charge in [0.05, 0.1) is 0 Å². The Bertz CT molecular complexity index is 2630. The minimum atomic E-state index is -1.62. The van der Waals surface area contributed by atoms with Crippen LogP contribution in [0.15, 0.2) is 194 Å². The number of rotatable bonds is 4. The zero-order chi connectivity index (χ0) is 34.9. The molecule has 0 amide bonds. The molecule has 9 aromatic carbocycles. The highest BCUT2D eigenvalue weighted by atomic mass is 16.3. The second-order valence-electron chi connectivity index (χ2n) is 13.8. The van der Waals surface area contributed by atoms with Crippen molar-refractivity contribution >= 4 is 32.3 Å². The molecule has 2 nitrogen and oxygen atoms in total. The van der Waals surface area contributed by atoms with Crippen LogP contribution in [0.2, 0.25) is 0 Å². The van der Waals surface area contributed by atoms with Gasteiger partial charge in [0.15, 0.2) is 0 Å². The van der Waals surface area contributed by atoms with Crippen molar-refractivity contribution < 1.29 is 10.2 Å². The Kier molecular flexibility index (Phi) is 6.81. The van der Waals surface area contributed by atoms with E-state index in [4.69, 9.17) is 0 Å². The normalized spacial score (nSPS) is 18.0. The zero-order valence-electron chi connectivity index (χ0n) is 28.4. The maximum atomic E-state index is 13.9. The molecule has 246 valence electrons. The van der Waals surface area contributed by atoms with Crippen LogP contribution in [-0.4, -0.2) is 10.2 Å². The monoisotopic (exact) mass is 666 g/mol. The van der Waals surface area contributed by atoms with Crippen LogP contribution in [0.1, 0.15) is 33.4 Å². The number of benzene rings is 9. The summed E-state index contributed by atoms with van der Waals surface area (Å²) in [5, 5.41) is 34.3. The van der Waals surface area contributed by atoms with Gasteiger partial charge in [-0.25, -0.2) is 0 Å². The Morgan fingerprint density at radius 3 is 0.923 bits per heavy atom. The molecule has 9 aromatic rings. The van der Waals surface area contributed by atoms with Crippen molar-refractivity contribution in [3.8, 4) is 22.3 Å². The van der Waals surface area contributed by atoms with Gasteiger partial charge in [-0.1, -0.05) is 182 Å². The van der Waals surface area contributed by atoms with Crippen LogP contribution >= 0.6 is 0 Å². The van der Waals surface area contributed by atoms with E-state index in [1.807, 2.05) is 97.1 Å². The predicted octanol–water partition coefficient (Wildman–Crippen LogP) is 11.4. The topological polar surface area (TPSA) is 40.5 Å². The molecule has 1 aliphatic rings. The third-order valence-electron chi connectivity index (χ3n) is 11.2. The third kappa shape index (κ3) is 4.26. The standard InChI is InChI=1S/C50H34O2/c51-49(43-27-13-11-21-35(43)33-17-3-1-4-18-33)45-29-15-16-30-46(45)50(52,44-28-14-12-22-36(44)34-19-5-2-6-20-34)48-32-42-40-26-10-8-24-38(40)37-23-7-9-25-39(37)41(42)31-47(48)49/h1-32,51-52H. The van der Waals surface area contributed by atoms with E-state index in [1.165, 1.54) is 0 Å². The molecule has 0 aliphatic heterocycles. The maximum absolute atomic E-state index is 13.9. The average molecular weight is 667 g/mol. The molecule has 0 spiro atoms. The molecule has 0 bridgehead atoms. The number of hydrogen-bond acceptors (Lipinski definition) is 2. The van der Waals surface area contributed by atoms with Gasteiger partial charge in [-0.05, 0) is 77.8 Å². The summed E-state index contributed by atoms with van der Waals surface area (Å²) in [6.07, 6.45) is 0. The van der Waals surface area contributed by atoms with E-state index in [9.17, 15) is 10.2 Å². The fourth-order valence-corrected chi connectivity index (χ4v) is 8.87. The van der Waals surface area contributed by atoms with Crippen LogP contribution in [0.4, 0.5) is 0 Å². The van der Waals surface area contributed by atoms with Crippen LogP contribution in [0, 0.1) is 0 Å². The first-order valence-electron chi connectivity index (χ1n) is 17.8. The van der Waals surface area contributed by atoms with Crippen molar-refractivity contribution in [2.45, 2.75) is 11.2 Å². The van der Waals surface area contributed by atoms with Crippen molar-refractivity contribution in [3.63, 3.8) is 0 Å². The van der Waals surface area contributed by atoms with Gasteiger partial charge in [0.1, 0.15) is 11.2 Å². The van der Waals surface area contributed by atoms with Crippen molar-refractivity contribution in [1.82, 2.24) is 0 Å². The largest absolute Gasteiger partial charge is 0.376 e. The Hall–Kier alpha value is -6.32. The first kappa shape index (κ1) is 30.5. The maximum Gasteiger partial charge on any atom is 0.141 e. The molecule has 0 aromatic heterocycles. The molecule has 2 unspecified atom stereocenters. The molecule has 0 heterocycles. The second kappa shape index (κ2) is 11.6. The van der Waals surface area contributed by atoms with Crippen molar-refractivity contribution in [1.29, 1.82) is 0 Å². The Morgan fingerprint density at radius 2 is 0.538 bits per heavy atom. The van der Waals surface area contributed by atoms with Gasteiger partial charge in [-0.15, -0.1) is 0 Å². The SMILES string of the molecule is OC1(c2ccccc2-c2ccccc2)c2ccccc2C(O)(c2ccccc2-c2ccccc2)c2cc3c4ccccc4c4ccccc4c3cc21. The molecule has 2 N–H and O–H groups in total. The van der Waals surface area contributed by atoms with E-state index in [0.29, 0.717) is 22.3 Å². The molecular weight excluding hydrogens is 633 g/mol. The first-order valence-corrected chi connectivity index (χ1v) is 17.8. The quantitative estimate of drug-likeness (QED) is 0.184. The highest BCUT2D eigenvalue weighted by molar-refractivity contribution is 6.25. The van der Waals surface area contributed by atoms with Crippen LogP contribution in [-0.2, 0) is 11.2 Å². The number of hydrogen-bond donors (Lipinski definition) is 2. The molecule has 2 atom stereocenters.